The molecule has 0 aliphatic heterocycles. The summed E-state index contributed by atoms with van der Waals surface area (Å²) in [5.41, 5.74) is 5.88. The van der Waals surface area contributed by atoms with Gasteiger partial charge in [-0.3, -0.25) is 0 Å². The van der Waals surface area contributed by atoms with Gasteiger partial charge in [0.25, 0.3) is 5.78 Å². The Balaban J connectivity index is 1.32. The maximum atomic E-state index is 5.89. The molecule has 2 aromatic carbocycles. The Labute approximate surface area is 170 Å². The number of benzene rings is 2. The van der Waals surface area contributed by atoms with Crippen LogP contribution in [0.4, 0.5) is 5.82 Å². The van der Waals surface area contributed by atoms with E-state index in [0.29, 0.717) is 18.9 Å². The van der Waals surface area contributed by atoms with E-state index in [1.165, 1.54) is 23.0 Å². The quantitative estimate of drug-likeness (QED) is 0.483. The molecule has 0 unspecified atom stereocenters. The summed E-state index contributed by atoms with van der Waals surface area (Å²) in [6, 6.07) is 17.0. The van der Waals surface area contributed by atoms with Crippen molar-refractivity contribution in [1.29, 1.82) is 0 Å². The van der Waals surface area contributed by atoms with Crippen LogP contribution in [-0.2, 0) is 6.42 Å². The molecule has 0 atom stereocenters. The molecular formula is C23H25N5O. The van der Waals surface area contributed by atoms with E-state index in [1.807, 2.05) is 26.0 Å². The summed E-state index contributed by atoms with van der Waals surface area (Å²) in [6.45, 7) is 7.32. The Morgan fingerprint density at radius 2 is 1.62 bits per heavy atom. The van der Waals surface area contributed by atoms with Crippen LogP contribution < -0.4 is 10.1 Å². The molecule has 2 heterocycles. The van der Waals surface area contributed by atoms with Crippen LogP contribution in [0.2, 0.25) is 0 Å². The third-order valence-electron chi connectivity index (χ3n) is 5.02. The summed E-state index contributed by atoms with van der Waals surface area (Å²) < 4.78 is 7.61. The highest BCUT2D eigenvalue weighted by Crippen LogP contribution is 2.18. The molecule has 0 radical (unpaired) electrons. The Kier molecular flexibility index (Phi) is 5.42. The van der Waals surface area contributed by atoms with E-state index in [0.717, 1.165) is 29.2 Å². The third-order valence-corrected chi connectivity index (χ3v) is 5.02. The van der Waals surface area contributed by atoms with Crippen molar-refractivity contribution in [3.05, 3.63) is 82.8 Å². The number of ether oxygens (including phenoxy) is 1. The molecule has 148 valence electrons. The van der Waals surface area contributed by atoms with Crippen molar-refractivity contribution in [1.82, 2.24) is 19.6 Å². The van der Waals surface area contributed by atoms with Crippen molar-refractivity contribution in [2.45, 2.75) is 27.2 Å². The van der Waals surface area contributed by atoms with Crippen LogP contribution in [0.5, 0.6) is 5.75 Å². The molecule has 6 heteroatoms. The second-order valence-electron chi connectivity index (χ2n) is 7.22. The van der Waals surface area contributed by atoms with Gasteiger partial charge in [-0.2, -0.15) is 14.6 Å². The van der Waals surface area contributed by atoms with Gasteiger partial charge in [-0.05, 0) is 50.5 Å². The second-order valence-corrected chi connectivity index (χ2v) is 7.22. The first-order chi connectivity index (χ1) is 14.1. The van der Waals surface area contributed by atoms with Crippen molar-refractivity contribution in [2.75, 3.05) is 18.5 Å². The van der Waals surface area contributed by atoms with Crippen LogP contribution in [0, 0.1) is 20.8 Å². The summed E-state index contributed by atoms with van der Waals surface area (Å²) in [5.74, 6) is 2.37. The lowest BCUT2D eigenvalue weighted by Gasteiger charge is -2.13. The van der Waals surface area contributed by atoms with Gasteiger partial charge < -0.3 is 10.1 Å². The molecule has 4 rings (SSSR count). The highest BCUT2D eigenvalue weighted by atomic mass is 16.5. The fourth-order valence-electron chi connectivity index (χ4n) is 3.22. The Morgan fingerprint density at radius 1 is 0.931 bits per heavy atom. The van der Waals surface area contributed by atoms with Gasteiger partial charge in [0, 0.05) is 11.3 Å². The van der Waals surface area contributed by atoms with Crippen molar-refractivity contribution >= 4 is 11.6 Å². The number of rotatable bonds is 7. The SMILES string of the molecule is Cc1ccc(Cc2ccc(OCCNc3c(C)c(C)nc4ncnn34)cc2)cc1. The van der Waals surface area contributed by atoms with E-state index in [-0.39, 0.29) is 0 Å². The maximum Gasteiger partial charge on any atom is 0.254 e. The number of aryl methyl sites for hydroxylation is 2. The number of nitrogens with one attached hydrogen (secondary N) is 1. The number of aromatic nitrogens is 4. The van der Waals surface area contributed by atoms with Crippen molar-refractivity contribution in [3.63, 3.8) is 0 Å². The lowest BCUT2D eigenvalue weighted by Crippen LogP contribution is -2.16. The van der Waals surface area contributed by atoms with Gasteiger partial charge in [0.15, 0.2) is 0 Å². The fourth-order valence-corrected chi connectivity index (χ4v) is 3.22. The molecule has 29 heavy (non-hydrogen) atoms. The first-order valence-electron chi connectivity index (χ1n) is 9.78. The average Bonchev–Trinajstić information content (AvgIpc) is 3.18. The minimum Gasteiger partial charge on any atom is -0.492 e. The summed E-state index contributed by atoms with van der Waals surface area (Å²) in [4.78, 5) is 8.60. The summed E-state index contributed by atoms with van der Waals surface area (Å²) in [6.07, 6.45) is 2.44. The van der Waals surface area contributed by atoms with Gasteiger partial charge >= 0.3 is 0 Å². The third kappa shape index (κ3) is 4.37. The van der Waals surface area contributed by atoms with Gasteiger partial charge in [-0.1, -0.05) is 42.0 Å². The van der Waals surface area contributed by atoms with Crippen LogP contribution in [-0.4, -0.2) is 32.7 Å². The lowest BCUT2D eigenvalue weighted by atomic mass is 10.0. The molecule has 0 bridgehead atoms. The summed E-state index contributed by atoms with van der Waals surface area (Å²) in [5, 5.41) is 7.64. The first-order valence-corrected chi connectivity index (χ1v) is 9.78. The van der Waals surface area contributed by atoms with E-state index in [2.05, 4.69) is 63.7 Å². The largest absolute Gasteiger partial charge is 0.492 e. The molecule has 0 spiro atoms. The van der Waals surface area contributed by atoms with E-state index in [9.17, 15) is 0 Å². The van der Waals surface area contributed by atoms with Crippen LogP contribution >= 0.6 is 0 Å². The second kappa shape index (κ2) is 8.31. The molecule has 0 amide bonds. The normalized spacial score (nSPS) is 11.0. The van der Waals surface area contributed by atoms with Gasteiger partial charge in [0.1, 0.15) is 24.5 Å². The molecule has 6 nitrogen and oxygen atoms in total. The van der Waals surface area contributed by atoms with Crippen LogP contribution in [0.15, 0.2) is 54.9 Å². The van der Waals surface area contributed by atoms with Crippen molar-refractivity contribution in [2.24, 2.45) is 0 Å². The zero-order chi connectivity index (χ0) is 20.2. The van der Waals surface area contributed by atoms with Crippen LogP contribution in [0.3, 0.4) is 0 Å². The molecule has 1 N–H and O–H groups in total. The number of hydrogen-bond donors (Lipinski definition) is 1. The van der Waals surface area contributed by atoms with Gasteiger partial charge in [0.2, 0.25) is 0 Å². The predicted octanol–water partition coefficient (Wildman–Crippen LogP) is 4.13. The fraction of sp³-hybridized carbons (Fsp3) is 0.261. The minimum absolute atomic E-state index is 0.550. The number of fused-ring (bicyclic) bond motifs is 1. The van der Waals surface area contributed by atoms with Crippen LogP contribution in [0.1, 0.15) is 27.9 Å². The topological polar surface area (TPSA) is 64.3 Å². The summed E-state index contributed by atoms with van der Waals surface area (Å²) >= 11 is 0. The molecule has 0 aliphatic rings. The molecule has 0 saturated heterocycles. The van der Waals surface area contributed by atoms with E-state index < -0.39 is 0 Å². The maximum absolute atomic E-state index is 5.89. The first kappa shape index (κ1) is 18.9. The zero-order valence-corrected chi connectivity index (χ0v) is 17.0. The minimum atomic E-state index is 0.550. The molecule has 0 aliphatic carbocycles. The number of hydrogen-bond acceptors (Lipinski definition) is 5. The van der Waals surface area contributed by atoms with Gasteiger partial charge in [-0.15, -0.1) is 0 Å². The average molecular weight is 387 g/mol. The summed E-state index contributed by atoms with van der Waals surface area (Å²) in [7, 11) is 0. The predicted molar refractivity (Wildman–Crippen MR) is 115 cm³/mol. The van der Waals surface area contributed by atoms with E-state index >= 15 is 0 Å². The van der Waals surface area contributed by atoms with Crippen LogP contribution in [0.25, 0.3) is 5.78 Å². The van der Waals surface area contributed by atoms with Gasteiger partial charge in [-0.25, -0.2) is 4.98 Å². The smallest absolute Gasteiger partial charge is 0.254 e. The standard InChI is InChI=1S/C23H25N5O/c1-16-4-6-19(7-5-16)14-20-8-10-21(11-9-20)29-13-12-24-22-17(2)18(3)27-23-25-15-26-28(22)23/h4-11,15,24H,12-14H2,1-3H3. The lowest BCUT2D eigenvalue weighted by molar-refractivity contribution is 0.332. The van der Waals surface area contributed by atoms with E-state index in [1.54, 1.807) is 4.52 Å². The number of anilines is 1. The highest BCUT2D eigenvalue weighted by molar-refractivity contribution is 5.51. The molecule has 0 fully saturated rings. The molecule has 0 saturated carbocycles. The van der Waals surface area contributed by atoms with Crippen molar-refractivity contribution in [3.8, 4) is 5.75 Å². The zero-order valence-electron chi connectivity index (χ0n) is 17.0. The molecule has 4 aromatic rings. The van der Waals surface area contributed by atoms with E-state index in [4.69, 9.17) is 4.74 Å². The molecule has 2 aromatic heterocycles. The Morgan fingerprint density at radius 3 is 2.34 bits per heavy atom. The molecular weight excluding hydrogens is 362 g/mol. The van der Waals surface area contributed by atoms with Gasteiger partial charge in [0.05, 0.1) is 6.54 Å². The number of nitrogens with zero attached hydrogens (tertiary/aromatic N) is 4. The highest BCUT2D eigenvalue weighted by Gasteiger charge is 2.10. The monoisotopic (exact) mass is 387 g/mol. The van der Waals surface area contributed by atoms with Crippen molar-refractivity contribution < 1.29 is 4.74 Å². The Hall–Kier alpha value is -3.41. The Bertz CT molecular complexity index is 1100.